The molecule has 0 aliphatic heterocycles. The van der Waals surface area contributed by atoms with Crippen LogP contribution in [-0.2, 0) is 17.5 Å². The van der Waals surface area contributed by atoms with Gasteiger partial charge in [0.05, 0.1) is 4.90 Å². The van der Waals surface area contributed by atoms with Gasteiger partial charge in [-0.1, -0.05) is 30.3 Å². The number of carbonyl (C=O) groups is 1. The minimum Gasteiger partial charge on any atom is -0.435 e. The molecule has 3 N–H and O–H groups in total. The maximum Gasteiger partial charge on any atom is 0.271 e. The lowest BCUT2D eigenvalue weighted by Gasteiger charge is -2.06. The molecule has 0 aliphatic rings. The van der Waals surface area contributed by atoms with Gasteiger partial charge in [0, 0.05) is 12.1 Å². The molecule has 6 nitrogen and oxygen atoms in total. The van der Waals surface area contributed by atoms with Gasteiger partial charge in [0.15, 0.2) is 11.5 Å². The van der Waals surface area contributed by atoms with Gasteiger partial charge in [-0.15, -0.1) is 0 Å². The van der Waals surface area contributed by atoms with E-state index in [9.17, 15) is 22.2 Å². The van der Waals surface area contributed by atoms with Crippen LogP contribution in [0.2, 0.25) is 0 Å². The monoisotopic (exact) mass is 471 g/mol. The number of hydrogen-bond acceptors (Lipinski definition) is 4. The molecule has 1 atom stereocenters. The van der Waals surface area contributed by atoms with Gasteiger partial charge in [-0.05, 0) is 42.0 Å². The van der Waals surface area contributed by atoms with Crippen molar-refractivity contribution in [2.75, 3.05) is 0 Å². The highest BCUT2D eigenvalue weighted by Gasteiger charge is 2.24. The van der Waals surface area contributed by atoms with Crippen LogP contribution in [0.15, 0.2) is 76.0 Å². The summed E-state index contributed by atoms with van der Waals surface area (Å²) >= 11 is 0. The molecular formula is C23H16F3N3O3S. The third kappa shape index (κ3) is 4.86. The highest BCUT2D eigenvalue weighted by Crippen LogP contribution is 2.32. The second kappa shape index (κ2) is 9.39. The standard InChI is InChI=1S/C23H16F3N3O3S/c24-15-8-10-16(11-9-15)33(31)28-12-13-4-6-14(7-5-13)21-20(22(27)30)29-23(32-21)19-17(25)2-1-3-18(19)26/h1-11,28H,12H2,(H2,27,30). The Hall–Kier alpha value is -3.76. The smallest absolute Gasteiger partial charge is 0.271 e. The van der Waals surface area contributed by atoms with E-state index in [-0.39, 0.29) is 18.0 Å². The fourth-order valence-electron chi connectivity index (χ4n) is 3.06. The Morgan fingerprint density at radius 1 is 0.970 bits per heavy atom. The highest BCUT2D eigenvalue weighted by molar-refractivity contribution is 7.83. The number of amides is 1. The molecule has 3 aromatic carbocycles. The molecule has 4 rings (SSSR count). The van der Waals surface area contributed by atoms with Crippen LogP contribution in [0.25, 0.3) is 22.8 Å². The van der Waals surface area contributed by atoms with E-state index in [1.807, 2.05) is 0 Å². The summed E-state index contributed by atoms with van der Waals surface area (Å²) in [7, 11) is -1.54. The summed E-state index contributed by atoms with van der Waals surface area (Å²) in [4.78, 5) is 16.2. The molecule has 0 saturated carbocycles. The lowest BCUT2D eigenvalue weighted by atomic mass is 10.1. The van der Waals surface area contributed by atoms with Crippen molar-refractivity contribution in [3.05, 3.63) is 95.4 Å². The number of aromatic nitrogens is 1. The van der Waals surface area contributed by atoms with Gasteiger partial charge in [0.1, 0.15) is 34.0 Å². The summed E-state index contributed by atoms with van der Waals surface area (Å²) < 4.78 is 61.9. The Kier molecular flexibility index (Phi) is 6.38. The number of nitrogens with zero attached hydrogens (tertiary/aromatic N) is 1. The van der Waals surface area contributed by atoms with E-state index in [0.29, 0.717) is 10.5 Å². The van der Waals surface area contributed by atoms with Crippen LogP contribution in [0.1, 0.15) is 16.1 Å². The molecule has 33 heavy (non-hydrogen) atoms. The Balaban J connectivity index is 1.56. The molecule has 1 aromatic heterocycles. The molecule has 0 fully saturated rings. The molecule has 1 amide bonds. The average molecular weight is 471 g/mol. The Labute approximate surface area is 188 Å². The summed E-state index contributed by atoms with van der Waals surface area (Å²) in [5, 5.41) is 0. The minimum absolute atomic E-state index is 0.0328. The van der Waals surface area contributed by atoms with E-state index in [4.69, 9.17) is 10.2 Å². The molecule has 1 heterocycles. The number of halogens is 3. The topological polar surface area (TPSA) is 98.2 Å². The molecule has 168 valence electrons. The molecule has 10 heteroatoms. The average Bonchev–Trinajstić information content (AvgIpc) is 3.23. The number of nitrogens with two attached hydrogens (primary N) is 1. The van der Waals surface area contributed by atoms with Crippen LogP contribution in [0, 0.1) is 17.5 Å². The summed E-state index contributed by atoms with van der Waals surface area (Å²) in [5.74, 6) is -3.57. The predicted octanol–water partition coefficient (Wildman–Crippen LogP) is 4.34. The predicted molar refractivity (Wildman–Crippen MR) is 115 cm³/mol. The van der Waals surface area contributed by atoms with Crippen molar-refractivity contribution in [3.63, 3.8) is 0 Å². The van der Waals surface area contributed by atoms with Crippen LogP contribution in [0.5, 0.6) is 0 Å². The van der Waals surface area contributed by atoms with Gasteiger partial charge in [0.2, 0.25) is 5.89 Å². The molecule has 0 spiro atoms. The van der Waals surface area contributed by atoms with E-state index in [1.165, 1.54) is 30.3 Å². The number of primary amides is 1. The quantitative estimate of drug-likeness (QED) is 0.419. The second-order valence-corrected chi connectivity index (χ2v) is 8.20. The van der Waals surface area contributed by atoms with Gasteiger partial charge in [-0.2, -0.15) is 0 Å². The first-order valence-corrected chi connectivity index (χ1v) is 10.7. The number of hydrogen-bond donors (Lipinski definition) is 2. The number of benzene rings is 3. The Morgan fingerprint density at radius 2 is 1.61 bits per heavy atom. The molecule has 1 unspecified atom stereocenters. The Bertz CT molecular complexity index is 1320. The van der Waals surface area contributed by atoms with Crippen molar-refractivity contribution in [1.29, 1.82) is 0 Å². The van der Waals surface area contributed by atoms with Crippen molar-refractivity contribution in [1.82, 2.24) is 9.71 Å². The normalized spacial score (nSPS) is 12.0. The van der Waals surface area contributed by atoms with Crippen LogP contribution in [0.4, 0.5) is 13.2 Å². The van der Waals surface area contributed by atoms with Crippen molar-refractivity contribution >= 4 is 16.9 Å². The van der Waals surface area contributed by atoms with Crippen molar-refractivity contribution < 1.29 is 26.6 Å². The molecule has 0 aliphatic carbocycles. The van der Waals surface area contributed by atoms with E-state index >= 15 is 0 Å². The van der Waals surface area contributed by atoms with E-state index in [1.54, 1.807) is 24.3 Å². The van der Waals surface area contributed by atoms with Crippen LogP contribution < -0.4 is 10.5 Å². The third-order valence-corrected chi connectivity index (χ3v) is 5.80. The van der Waals surface area contributed by atoms with E-state index in [0.717, 1.165) is 17.7 Å². The zero-order chi connectivity index (χ0) is 23.5. The number of rotatable bonds is 7. The number of oxazole rings is 1. The minimum atomic E-state index is -1.54. The molecule has 0 saturated heterocycles. The van der Waals surface area contributed by atoms with Crippen molar-refractivity contribution in [2.45, 2.75) is 11.4 Å². The summed E-state index contributed by atoms with van der Waals surface area (Å²) in [6.07, 6.45) is 0. The van der Waals surface area contributed by atoms with Crippen LogP contribution >= 0.6 is 0 Å². The molecule has 0 radical (unpaired) electrons. The van der Waals surface area contributed by atoms with E-state index in [2.05, 4.69) is 9.71 Å². The van der Waals surface area contributed by atoms with Gasteiger partial charge in [-0.25, -0.2) is 27.1 Å². The lowest BCUT2D eigenvalue weighted by molar-refractivity contribution is 0.0996. The maximum atomic E-state index is 14.1. The van der Waals surface area contributed by atoms with Gasteiger partial charge < -0.3 is 10.2 Å². The summed E-state index contributed by atoms with van der Waals surface area (Å²) in [6.45, 7) is 0.231. The maximum absolute atomic E-state index is 14.1. The lowest BCUT2D eigenvalue weighted by Crippen LogP contribution is -2.16. The first kappa shape index (κ1) is 22.4. The van der Waals surface area contributed by atoms with Gasteiger partial charge >= 0.3 is 0 Å². The largest absolute Gasteiger partial charge is 0.435 e. The Morgan fingerprint density at radius 3 is 2.21 bits per heavy atom. The number of nitrogens with one attached hydrogen (secondary N) is 1. The molecule has 4 aromatic rings. The second-order valence-electron chi connectivity index (χ2n) is 6.90. The summed E-state index contributed by atoms with van der Waals surface area (Å²) in [5.41, 5.74) is 5.76. The zero-order valence-electron chi connectivity index (χ0n) is 16.8. The van der Waals surface area contributed by atoms with Crippen molar-refractivity contribution in [2.24, 2.45) is 5.73 Å². The molecule has 0 bridgehead atoms. The first-order chi connectivity index (χ1) is 15.8. The first-order valence-electron chi connectivity index (χ1n) is 9.58. The SMILES string of the molecule is NC(=O)c1nc(-c2c(F)cccc2F)oc1-c1ccc(CNS(=O)c2ccc(F)cc2)cc1. The van der Waals surface area contributed by atoms with E-state index < -0.39 is 45.8 Å². The van der Waals surface area contributed by atoms with Gasteiger partial charge in [-0.3, -0.25) is 4.79 Å². The van der Waals surface area contributed by atoms with Gasteiger partial charge in [0.25, 0.3) is 5.91 Å². The van der Waals surface area contributed by atoms with Crippen LogP contribution in [0.3, 0.4) is 0 Å². The third-order valence-electron chi connectivity index (χ3n) is 4.69. The highest BCUT2D eigenvalue weighted by atomic mass is 32.2. The van der Waals surface area contributed by atoms with Crippen molar-refractivity contribution in [3.8, 4) is 22.8 Å². The fraction of sp³-hybridized carbons (Fsp3) is 0.0435. The zero-order valence-corrected chi connectivity index (χ0v) is 17.7. The van der Waals surface area contributed by atoms with Crippen LogP contribution in [-0.4, -0.2) is 15.1 Å². The summed E-state index contributed by atoms with van der Waals surface area (Å²) in [6, 6.07) is 15.1. The molecular weight excluding hydrogens is 455 g/mol. The number of carbonyl (C=O) groups excluding carboxylic acids is 1. The fourth-order valence-corrected chi connectivity index (χ4v) is 3.90.